The topological polar surface area (TPSA) is 63.8 Å². The van der Waals surface area contributed by atoms with Crippen molar-refractivity contribution in [3.8, 4) is 0 Å². The first-order valence-corrected chi connectivity index (χ1v) is 3.66. The third kappa shape index (κ3) is 2.98. The second-order valence-corrected chi connectivity index (χ2v) is 2.31. The lowest BCUT2D eigenvalue weighted by atomic mass is 10.4. The van der Waals surface area contributed by atoms with Crippen molar-refractivity contribution in [1.82, 2.24) is 5.43 Å². The van der Waals surface area contributed by atoms with Gasteiger partial charge >= 0.3 is 6.09 Å². The Balaban J connectivity index is 2.45. The number of hydrogen-bond acceptors (Lipinski definition) is 4. The number of nitrogens with zero attached hydrogens (tertiary/aromatic N) is 1. The highest BCUT2D eigenvalue weighted by Gasteiger charge is 1.95. The first-order valence-electron chi connectivity index (χ1n) is 3.66. The lowest BCUT2D eigenvalue weighted by Gasteiger charge is -1.93. The monoisotopic (exact) mass is 182 g/mol. The molecule has 13 heavy (non-hydrogen) atoms. The molecule has 0 aliphatic rings. The van der Waals surface area contributed by atoms with E-state index in [-0.39, 0.29) is 0 Å². The molecule has 0 aliphatic carbocycles. The van der Waals surface area contributed by atoms with E-state index in [1.807, 2.05) is 6.92 Å². The van der Waals surface area contributed by atoms with Crippen molar-refractivity contribution in [3.63, 3.8) is 0 Å². The molecule has 0 aromatic carbocycles. The number of carbonyl (C=O) groups excluding carboxylic acids is 1. The van der Waals surface area contributed by atoms with Crippen molar-refractivity contribution in [2.75, 3.05) is 7.11 Å². The summed E-state index contributed by atoms with van der Waals surface area (Å²) in [4.78, 5) is 10.5. The van der Waals surface area contributed by atoms with Gasteiger partial charge in [-0.2, -0.15) is 5.10 Å². The summed E-state index contributed by atoms with van der Waals surface area (Å²) in [6.07, 6.45) is 0.781. The fraction of sp³-hybridized carbons (Fsp3) is 0.250. The number of nitrogens with one attached hydrogen (secondary N) is 1. The van der Waals surface area contributed by atoms with Crippen molar-refractivity contribution in [3.05, 3.63) is 23.7 Å². The zero-order valence-corrected chi connectivity index (χ0v) is 7.40. The summed E-state index contributed by atoms with van der Waals surface area (Å²) in [5.74, 6) is 1.37. The van der Waals surface area contributed by atoms with Crippen LogP contribution in [0.2, 0.25) is 0 Å². The van der Waals surface area contributed by atoms with Crippen LogP contribution < -0.4 is 5.43 Å². The summed E-state index contributed by atoms with van der Waals surface area (Å²) < 4.78 is 9.46. The molecule has 1 amide bonds. The number of hydrogen-bond donors (Lipinski definition) is 1. The van der Waals surface area contributed by atoms with Gasteiger partial charge in [0.25, 0.3) is 0 Å². The Morgan fingerprint density at radius 2 is 2.46 bits per heavy atom. The molecule has 0 bridgehead atoms. The van der Waals surface area contributed by atoms with E-state index in [4.69, 9.17) is 4.42 Å². The molecule has 0 atom stereocenters. The van der Waals surface area contributed by atoms with Gasteiger partial charge in [-0.05, 0) is 19.1 Å². The molecule has 70 valence electrons. The van der Waals surface area contributed by atoms with Crippen molar-refractivity contribution < 1.29 is 13.9 Å². The van der Waals surface area contributed by atoms with Crippen LogP contribution in [0.25, 0.3) is 0 Å². The van der Waals surface area contributed by atoms with Crippen LogP contribution in [0.5, 0.6) is 0 Å². The minimum atomic E-state index is -0.612. The summed E-state index contributed by atoms with van der Waals surface area (Å²) in [6.45, 7) is 1.82. The van der Waals surface area contributed by atoms with Crippen LogP contribution >= 0.6 is 0 Å². The second kappa shape index (κ2) is 4.30. The third-order valence-corrected chi connectivity index (χ3v) is 1.29. The molecular weight excluding hydrogens is 172 g/mol. The summed E-state index contributed by atoms with van der Waals surface area (Å²) >= 11 is 0. The number of aryl methyl sites for hydroxylation is 1. The zero-order chi connectivity index (χ0) is 9.68. The number of hydrazone groups is 1. The maximum absolute atomic E-state index is 10.5. The Morgan fingerprint density at radius 1 is 1.69 bits per heavy atom. The summed E-state index contributed by atoms with van der Waals surface area (Å²) in [6, 6.07) is 3.55. The molecule has 5 heteroatoms. The van der Waals surface area contributed by atoms with Gasteiger partial charge in [-0.3, -0.25) is 0 Å². The highest BCUT2D eigenvalue weighted by atomic mass is 16.5. The van der Waals surface area contributed by atoms with Crippen molar-refractivity contribution in [2.45, 2.75) is 6.92 Å². The minimum absolute atomic E-state index is 0.578. The van der Waals surface area contributed by atoms with Crippen molar-refractivity contribution in [2.24, 2.45) is 5.10 Å². The van der Waals surface area contributed by atoms with E-state index in [0.717, 1.165) is 5.76 Å². The molecule has 0 spiro atoms. The van der Waals surface area contributed by atoms with Crippen LogP contribution in [0.15, 0.2) is 21.7 Å². The normalized spacial score (nSPS) is 10.3. The molecule has 0 saturated carbocycles. The Morgan fingerprint density at radius 3 is 3.00 bits per heavy atom. The van der Waals surface area contributed by atoms with Crippen LogP contribution in [0.4, 0.5) is 4.79 Å². The van der Waals surface area contributed by atoms with E-state index in [1.54, 1.807) is 12.1 Å². The standard InChI is InChI=1S/C8H10N2O3/c1-6-3-4-7(13-6)5-9-10-8(11)12-2/h3-5H,1-2H3,(H,10,11). The minimum Gasteiger partial charge on any atom is -0.460 e. The quantitative estimate of drug-likeness (QED) is 0.553. The fourth-order valence-electron chi connectivity index (χ4n) is 0.717. The maximum Gasteiger partial charge on any atom is 0.427 e. The van der Waals surface area contributed by atoms with E-state index >= 15 is 0 Å². The lowest BCUT2D eigenvalue weighted by molar-refractivity contribution is 0.171. The number of methoxy groups -OCH3 is 1. The molecule has 0 unspecified atom stereocenters. The molecule has 0 radical (unpaired) electrons. The van der Waals surface area contributed by atoms with Gasteiger partial charge in [0.2, 0.25) is 0 Å². The highest BCUT2D eigenvalue weighted by molar-refractivity contribution is 5.77. The van der Waals surface area contributed by atoms with Crippen LogP contribution in [0, 0.1) is 6.92 Å². The van der Waals surface area contributed by atoms with Crippen LogP contribution in [-0.2, 0) is 4.74 Å². The first-order chi connectivity index (χ1) is 6.22. The van der Waals surface area contributed by atoms with Crippen molar-refractivity contribution in [1.29, 1.82) is 0 Å². The summed E-state index contributed by atoms with van der Waals surface area (Å²) in [7, 11) is 1.27. The van der Waals surface area contributed by atoms with Crippen molar-refractivity contribution >= 4 is 12.3 Å². The highest BCUT2D eigenvalue weighted by Crippen LogP contribution is 2.02. The van der Waals surface area contributed by atoms with Gasteiger partial charge in [0.05, 0.1) is 13.3 Å². The lowest BCUT2D eigenvalue weighted by Crippen LogP contribution is -2.16. The van der Waals surface area contributed by atoms with Gasteiger partial charge < -0.3 is 9.15 Å². The number of rotatable bonds is 2. The van der Waals surface area contributed by atoms with Gasteiger partial charge in [-0.25, -0.2) is 10.2 Å². The SMILES string of the molecule is COC(=O)NN=Cc1ccc(C)o1. The maximum atomic E-state index is 10.5. The molecular formula is C8H10N2O3. The van der Waals surface area contributed by atoms with E-state index < -0.39 is 6.09 Å². The van der Waals surface area contributed by atoms with Gasteiger partial charge in [0.1, 0.15) is 11.5 Å². The van der Waals surface area contributed by atoms with Gasteiger partial charge in [-0.15, -0.1) is 0 Å². The van der Waals surface area contributed by atoms with Crippen LogP contribution in [-0.4, -0.2) is 19.4 Å². The van der Waals surface area contributed by atoms with Gasteiger partial charge in [0.15, 0.2) is 0 Å². The number of ether oxygens (including phenoxy) is 1. The number of amides is 1. The average Bonchev–Trinajstić information content (AvgIpc) is 2.51. The van der Waals surface area contributed by atoms with Crippen LogP contribution in [0.3, 0.4) is 0 Å². The van der Waals surface area contributed by atoms with Crippen LogP contribution in [0.1, 0.15) is 11.5 Å². The molecule has 0 fully saturated rings. The Kier molecular flexibility index (Phi) is 3.08. The number of carbonyl (C=O) groups is 1. The van der Waals surface area contributed by atoms with Gasteiger partial charge in [-0.1, -0.05) is 0 Å². The largest absolute Gasteiger partial charge is 0.460 e. The Bertz CT molecular complexity index is 317. The second-order valence-electron chi connectivity index (χ2n) is 2.31. The Hall–Kier alpha value is -1.78. The molecule has 1 rings (SSSR count). The third-order valence-electron chi connectivity index (χ3n) is 1.29. The molecule has 0 aliphatic heterocycles. The average molecular weight is 182 g/mol. The smallest absolute Gasteiger partial charge is 0.427 e. The zero-order valence-electron chi connectivity index (χ0n) is 7.40. The predicted molar refractivity (Wildman–Crippen MR) is 46.6 cm³/mol. The fourth-order valence-corrected chi connectivity index (χ4v) is 0.717. The molecule has 0 saturated heterocycles. The van der Waals surface area contributed by atoms with E-state index in [9.17, 15) is 4.79 Å². The molecule has 1 aromatic heterocycles. The Labute approximate surface area is 75.4 Å². The molecule has 1 N–H and O–H groups in total. The van der Waals surface area contributed by atoms with E-state index in [2.05, 4.69) is 15.3 Å². The predicted octanol–water partition coefficient (Wildman–Crippen LogP) is 1.28. The molecule has 5 nitrogen and oxygen atoms in total. The van der Waals surface area contributed by atoms with Gasteiger partial charge in [0, 0.05) is 0 Å². The number of furan rings is 1. The molecule has 1 heterocycles. The molecule has 1 aromatic rings. The van der Waals surface area contributed by atoms with E-state index in [0.29, 0.717) is 5.76 Å². The summed E-state index contributed by atoms with van der Waals surface area (Å²) in [5.41, 5.74) is 2.14. The van der Waals surface area contributed by atoms with E-state index in [1.165, 1.54) is 13.3 Å². The first kappa shape index (κ1) is 9.31. The summed E-state index contributed by atoms with van der Waals surface area (Å²) in [5, 5.41) is 3.58.